The average Bonchev–Trinajstić information content (AvgIpc) is 3.10. The van der Waals surface area contributed by atoms with E-state index in [9.17, 15) is 14.5 Å². The van der Waals surface area contributed by atoms with Crippen molar-refractivity contribution in [1.29, 1.82) is 0 Å². The fraction of sp³-hybridized carbons (Fsp3) is 0.455. The molecule has 1 saturated carbocycles. The molecule has 2 N–H and O–H groups in total. The molecule has 0 saturated heterocycles. The average molecular weight is 319 g/mol. The quantitative estimate of drug-likeness (QED) is 0.646. The molecule has 1 aromatic rings. The van der Waals surface area contributed by atoms with Crippen molar-refractivity contribution in [2.24, 2.45) is 5.41 Å². The van der Waals surface area contributed by atoms with Gasteiger partial charge in [-0.1, -0.05) is 0 Å². The lowest BCUT2D eigenvalue weighted by molar-refractivity contribution is -0.384. The summed E-state index contributed by atoms with van der Waals surface area (Å²) < 4.78 is 13.4. The van der Waals surface area contributed by atoms with Crippen LogP contribution in [0.1, 0.15) is 12.8 Å². The highest BCUT2D eigenvalue weighted by molar-refractivity contribution is 9.10. The zero-order valence-corrected chi connectivity index (χ0v) is 11.0. The van der Waals surface area contributed by atoms with Gasteiger partial charge in [0.05, 0.1) is 22.1 Å². The first-order chi connectivity index (χ1) is 8.47. The van der Waals surface area contributed by atoms with Gasteiger partial charge in [-0.3, -0.25) is 10.1 Å². The van der Waals surface area contributed by atoms with Crippen LogP contribution in [0.15, 0.2) is 16.6 Å². The van der Waals surface area contributed by atoms with Crippen LogP contribution in [0.2, 0.25) is 0 Å². The van der Waals surface area contributed by atoms with Gasteiger partial charge < -0.3 is 10.4 Å². The van der Waals surface area contributed by atoms with Crippen LogP contribution in [-0.4, -0.2) is 23.2 Å². The normalized spacial score (nSPS) is 16.4. The van der Waals surface area contributed by atoms with Crippen LogP contribution in [0.25, 0.3) is 0 Å². The Bertz CT molecular complexity index is 491. The first-order valence-electron chi connectivity index (χ1n) is 5.46. The molecular weight excluding hydrogens is 307 g/mol. The summed E-state index contributed by atoms with van der Waals surface area (Å²) in [5, 5.41) is 22.9. The lowest BCUT2D eigenvalue weighted by atomic mass is 10.1. The van der Waals surface area contributed by atoms with E-state index in [1.165, 1.54) is 6.07 Å². The van der Waals surface area contributed by atoms with E-state index in [1.54, 1.807) is 0 Å². The number of hydrogen-bond acceptors (Lipinski definition) is 4. The number of aliphatic hydroxyl groups excluding tert-OH is 1. The predicted octanol–water partition coefficient (Wildman–Crippen LogP) is 2.68. The third-order valence-electron chi connectivity index (χ3n) is 3.18. The minimum atomic E-state index is -0.671. The van der Waals surface area contributed by atoms with Crippen molar-refractivity contribution >= 4 is 27.3 Å². The van der Waals surface area contributed by atoms with E-state index < -0.39 is 10.7 Å². The smallest absolute Gasteiger partial charge is 0.295 e. The van der Waals surface area contributed by atoms with Gasteiger partial charge in [0.25, 0.3) is 5.69 Å². The second-order valence-electron chi connectivity index (χ2n) is 4.55. The summed E-state index contributed by atoms with van der Waals surface area (Å²) in [6.07, 6.45) is 1.79. The first kappa shape index (κ1) is 13.2. The van der Waals surface area contributed by atoms with Gasteiger partial charge in [0.2, 0.25) is 0 Å². The Morgan fingerprint density at radius 1 is 1.56 bits per heavy atom. The maximum Gasteiger partial charge on any atom is 0.295 e. The van der Waals surface area contributed by atoms with Crippen LogP contribution in [0.3, 0.4) is 0 Å². The third-order valence-corrected chi connectivity index (χ3v) is 3.79. The van der Waals surface area contributed by atoms with Gasteiger partial charge in [-0.2, -0.15) is 0 Å². The highest BCUT2D eigenvalue weighted by atomic mass is 79.9. The van der Waals surface area contributed by atoms with Crippen LogP contribution in [-0.2, 0) is 0 Å². The molecule has 18 heavy (non-hydrogen) atoms. The van der Waals surface area contributed by atoms with Crippen molar-refractivity contribution in [2.75, 3.05) is 18.5 Å². The monoisotopic (exact) mass is 318 g/mol. The molecular formula is C11H12BrFN2O3. The van der Waals surface area contributed by atoms with E-state index in [1.807, 2.05) is 0 Å². The first-order valence-corrected chi connectivity index (χ1v) is 6.25. The Balaban J connectivity index is 2.20. The summed E-state index contributed by atoms with van der Waals surface area (Å²) in [5.74, 6) is -0.671. The molecule has 5 nitrogen and oxygen atoms in total. The van der Waals surface area contributed by atoms with E-state index >= 15 is 0 Å². The number of halogens is 2. The van der Waals surface area contributed by atoms with Gasteiger partial charge in [0.15, 0.2) is 0 Å². The van der Waals surface area contributed by atoms with Gasteiger partial charge in [-0.05, 0) is 34.8 Å². The fourth-order valence-corrected chi connectivity index (χ4v) is 2.02. The summed E-state index contributed by atoms with van der Waals surface area (Å²) in [7, 11) is 0. The number of nitro benzene ring substituents is 1. The van der Waals surface area contributed by atoms with Crippen LogP contribution in [0, 0.1) is 21.3 Å². The number of nitro groups is 1. The standard InChI is InChI=1S/C11H12BrFN2O3/c12-7-3-9(10(15(17)18)4-8(7)13)14-5-11(6-16)1-2-11/h3-4,14,16H,1-2,5-6H2. The van der Waals surface area contributed by atoms with E-state index in [4.69, 9.17) is 5.11 Å². The Morgan fingerprint density at radius 3 is 2.72 bits per heavy atom. The molecule has 98 valence electrons. The molecule has 0 aromatic heterocycles. The molecule has 0 spiro atoms. The molecule has 1 aromatic carbocycles. The summed E-state index contributed by atoms with van der Waals surface area (Å²) >= 11 is 3.00. The largest absolute Gasteiger partial charge is 0.396 e. The predicted molar refractivity (Wildman–Crippen MR) is 68.0 cm³/mol. The topological polar surface area (TPSA) is 75.4 Å². The van der Waals surface area contributed by atoms with E-state index in [2.05, 4.69) is 21.2 Å². The van der Waals surface area contributed by atoms with Crippen LogP contribution in [0.4, 0.5) is 15.8 Å². The minimum absolute atomic E-state index is 0.0517. The Labute approximate surface area is 111 Å². The highest BCUT2D eigenvalue weighted by Crippen LogP contribution is 2.45. The second-order valence-corrected chi connectivity index (χ2v) is 5.41. The summed E-state index contributed by atoms with van der Waals surface area (Å²) in [6.45, 7) is 0.499. The lowest BCUT2D eigenvalue weighted by Gasteiger charge is -2.14. The molecule has 0 amide bonds. The Kier molecular flexibility index (Phi) is 3.54. The Morgan fingerprint density at radius 2 is 2.22 bits per heavy atom. The van der Waals surface area contributed by atoms with Gasteiger partial charge in [-0.15, -0.1) is 0 Å². The van der Waals surface area contributed by atoms with Gasteiger partial charge >= 0.3 is 0 Å². The third kappa shape index (κ3) is 2.62. The van der Waals surface area contributed by atoms with Crippen molar-refractivity contribution in [3.05, 3.63) is 32.5 Å². The van der Waals surface area contributed by atoms with Crippen molar-refractivity contribution in [2.45, 2.75) is 12.8 Å². The highest BCUT2D eigenvalue weighted by Gasteiger charge is 2.42. The number of nitrogens with zero attached hydrogens (tertiary/aromatic N) is 1. The maximum absolute atomic E-state index is 13.3. The minimum Gasteiger partial charge on any atom is -0.396 e. The van der Waals surface area contributed by atoms with Crippen molar-refractivity contribution in [3.63, 3.8) is 0 Å². The zero-order chi connectivity index (χ0) is 13.3. The molecule has 0 bridgehead atoms. The van der Waals surface area contributed by atoms with E-state index in [0.717, 1.165) is 18.9 Å². The number of aliphatic hydroxyl groups is 1. The molecule has 1 aliphatic rings. The SMILES string of the molecule is O=[N+]([O-])c1cc(F)c(Br)cc1NCC1(CO)CC1. The van der Waals surface area contributed by atoms with Gasteiger partial charge in [0.1, 0.15) is 11.5 Å². The molecule has 0 aliphatic heterocycles. The number of hydrogen-bond donors (Lipinski definition) is 2. The van der Waals surface area contributed by atoms with Crippen LogP contribution in [0.5, 0.6) is 0 Å². The van der Waals surface area contributed by atoms with E-state index in [-0.39, 0.29) is 27.9 Å². The van der Waals surface area contributed by atoms with Crippen molar-refractivity contribution in [3.8, 4) is 0 Å². The van der Waals surface area contributed by atoms with Crippen LogP contribution < -0.4 is 5.32 Å². The number of nitrogens with one attached hydrogen (secondary N) is 1. The molecule has 7 heteroatoms. The fourth-order valence-electron chi connectivity index (χ4n) is 1.68. The summed E-state index contributed by atoms with van der Waals surface area (Å²) in [5.41, 5.74) is -0.216. The summed E-state index contributed by atoms with van der Waals surface area (Å²) in [6, 6.07) is 2.23. The van der Waals surface area contributed by atoms with Crippen molar-refractivity contribution in [1.82, 2.24) is 0 Å². The maximum atomic E-state index is 13.3. The van der Waals surface area contributed by atoms with Crippen molar-refractivity contribution < 1.29 is 14.4 Å². The number of rotatable bonds is 5. The van der Waals surface area contributed by atoms with Crippen LogP contribution >= 0.6 is 15.9 Å². The number of benzene rings is 1. The molecule has 0 unspecified atom stereocenters. The second kappa shape index (κ2) is 4.81. The number of anilines is 1. The zero-order valence-electron chi connectivity index (χ0n) is 9.45. The Hall–Kier alpha value is -1.21. The molecule has 1 fully saturated rings. The molecule has 0 radical (unpaired) electrons. The molecule has 0 atom stereocenters. The van der Waals surface area contributed by atoms with Gasteiger partial charge in [0, 0.05) is 12.0 Å². The molecule has 2 rings (SSSR count). The molecule has 1 aliphatic carbocycles. The molecule has 0 heterocycles. The summed E-state index contributed by atoms with van der Waals surface area (Å²) in [4.78, 5) is 10.2. The lowest BCUT2D eigenvalue weighted by Crippen LogP contribution is -2.19. The van der Waals surface area contributed by atoms with Gasteiger partial charge in [-0.25, -0.2) is 4.39 Å². The van der Waals surface area contributed by atoms with E-state index in [0.29, 0.717) is 6.54 Å².